The topological polar surface area (TPSA) is 43.1 Å². The fraction of sp³-hybridized carbons (Fsp3) is 0. The van der Waals surface area contributed by atoms with Crippen molar-refractivity contribution in [1.82, 2.24) is 0 Å². The zero-order valence-corrected chi connectivity index (χ0v) is 10.1. The van der Waals surface area contributed by atoms with Crippen LogP contribution >= 0.6 is 11.6 Å². The third-order valence-corrected chi connectivity index (χ3v) is 2.83. The molecular weight excluding hydrogens is 279 g/mol. The highest BCUT2D eigenvalue weighted by Gasteiger charge is 2.17. The molecule has 2 aromatic carbocycles. The van der Waals surface area contributed by atoms with Crippen LogP contribution in [0.4, 0.5) is 18.9 Å². The van der Waals surface area contributed by atoms with E-state index in [0.717, 1.165) is 12.1 Å². The highest BCUT2D eigenvalue weighted by molar-refractivity contribution is 6.35. The molecule has 19 heavy (non-hydrogen) atoms. The highest BCUT2D eigenvalue weighted by atomic mass is 35.5. The summed E-state index contributed by atoms with van der Waals surface area (Å²) in [5.41, 5.74) is 4.93. The lowest BCUT2D eigenvalue weighted by Crippen LogP contribution is -2.05. The van der Waals surface area contributed by atoms with Crippen molar-refractivity contribution in [3.05, 3.63) is 63.9 Å². The second-order valence-corrected chi connectivity index (χ2v) is 4.22. The van der Waals surface area contributed by atoms with E-state index in [1.165, 1.54) is 6.07 Å². The number of hydrogen-bond acceptors (Lipinski definition) is 2. The van der Waals surface area contributed by atoms with E-state index in [1.807, 2.05) is 0 Å². The number of nitrogens with two attached hydrogens (primary N) is 1. The van der Waals surface area contributed by atoms with Crippen LogP contribution in [0, 0.1) is 17.5 Å². The molecule has 0 radical (unpaired) electrons. The number of anilines is 1. The molecule has 0 saturated carbocycles. The number of rotatable bonds is 2. The molecule has 0 amide bonds. The lowest BCUT2D eigenvalue weighted by Gasteiger charge is -2.06. The van der Waals surface area contributed by atoms with Gasteiger partial charge in [0.25, 0.3) is 0 Å². The molecule has 0 bridgehead atoms. The Hall–Kier alpha value is -2.01. The Morgan fingerprint density at radius 1 is 1.00 bits per heavy atom. The predicted octanol–water partition coefficient (Wildman–Crippen LogP) is 3.57. The molecule has 0 spiro atoms. The van der Waals surface area contributed by atoms with Crippen molar-refractivity contribution in [3.8, 4) is 0 Å². The lowest BCUT2D eigenvalue weighted by molar-refractivity contribution is 0.103. The first-order valence-electron chi connectivity index (χ1n) is 5.14. The normalized spacial score (nSPS) is 10.5. The summed E-state index contributed by atoms with van der Waals surface area (Å²) in [6.45, 7) is 0. The molecule has 0 heterocycles. The standard InChI is InChI=1S/C13H7ClF3NO/c14-8-5-11(17)10(16)4-7(8)13(19)6-1-2-9(15)12(18)3-6/h1-5H,18H2. The molecule has 0 unspecified atom stereocenters. The molecule has 0 aromatic heterocycles. The van der Waals surface area contributed by atoms with Crippen LogP contribution in [0.25, 0.3) is 0 Å². The van der Waals surface area contributed by atoms with E-state index in [4.69, 9.17) is 17.3 Å². The maximum absolute atomic E-state index is 13.1. The highest BCUT2D eigenvalue weighted by Crippen LogP contribution is 2.24. The summed E-state index contributed by atoms with van der Waals surface area (Å²) < 4.78 is 39.0. The molecule has 0 aliphatic carbocycles. The van der Waals surface area contributed by atoms with E-state index in [1.54, 1.807) is 0 Å². The third kappa shape index (κ3) is 2.56. The number of halogens is 4. The van der Waals surface area contributed by atoms with Gasteiger partial charge in [-0.1, -0.05) is 11.6 Å². The van der Waals surface area contributed by atoms with E-state index in [-0.39, 0.29) is 21.8 Å². The fourth-order valence-electron chi connectivity index (χ4n) is 1.54. The average Bonchev–Trinajstić information content (AvgIpc) is 2.36. The van der Waals surface area contributed by atoms with Crippen molar-refractivity contribution < 1.29 is 18.0 Å². The fourth-order valence-corrected chi connectivity index (χ4v) is 1.77. The van der Waals surface area contributed by atoms with Gasteiger partial charge in [-0.2, -0.15) is 0 Å². The average molecular weight is 286 g/mol. The molecule has 2 rings (SSSR count). The van der Waals surface area contributed by atoms with Crippen LogP contribution in [0.15, 0.2) is 30.3 Å². The van der Waals surface area contributed by atoms with Gasteiger partial charge in [0.05, 0.1) is 10.7 Å². The third-order valence-electron chi connectivity index (χ3n) is 2.51. The minimum Gasteiger partial charge on any atom is -0.396 e. The van der Waals surface area contributed by atoms with Gasteiger partial charge in [-0.15, -0.1) is 0 Å². The Morgan fingerprint density at radius 3 is 2.26 bits per heavy atom. The largest absolute Gasteiger partial charge is 0.396 e. The molecule has 0 atom stereocenters. The van der Waals surface area contributed by atoms with Crippen LogP contribution in [0.2, 0.25) is 5.02 Å². The summed E-state index contributed by atoms with van der Waals surface area (Å²) in [5.74, 6) is -3.69. The predicted molar refractivity (Wildman–Crippen MR) is 65.6 cm³/mol. The second kappa shape index (κ2) is 4.93. The van der Waals surface area contributed by atoms with E-state index >= 15 is 0 Å². The van der Waals surface area contributed by atoms with Crippen molar-refractivity contribution in [2.75, 3.05) is 5.73 Å². The van der Waals surface area contributed by atoms with E-state index in [0.29, 0.717) is 12.1 Å². The SMILES string of the molecule is Nc1cc(C(=O)c2cc(F)c(F)cc2Cl)ccc1F. The summed E-state index contributed by atoms with van der Waals surface area (Å²) >= 11 is 5.68. The van der Waals surface area contributed by atoms with Gasteiger partial charge in [0.2, 0.25) is 0 Å². The Balaban J connectivity index is 2.49. The van der Waals surface area contributed by atoms with E-state index in [2.05, 4.69) is 0 Å². The summed E-state index contributed by atoms with van der Waals surface area (Å²) in [5, 5.41) is -0.230. The first kappa shape index (κ1) is 13.4. The zero-order chi connectivity index (χ0) is 14.2. The van der Waals surface area contributed by atoms with Crippen molar-refractivity contribution in [3.63, 3.8) is 0 Å². The summed E-state index contributed by atoms with van der Waals surface area (Å²) in [6.07, 6.45) is 0. The zero-order valence-electron chi connectivity index (χ0n) is 9.38. The van der Waals surface area contributed by atoms with Gasteiger partial charge in [0.1, 0.15) is 5.82 Å². The number of carbonyl (C=O) groups is 1. The van der Waals surface area contributed by atoms with Gasteiger partial charge >= 0.3 is 0 Å². The summed E-state index contributed by atoms with van der Waals surface area (Å²) in [7, 11) is 0. The van der Waals surface area contributed by atoms with Crippen LogP contribution in [0.5, 0.6) is 0 Å². The van der Waals surface area contributed by atoms with Crippen LogP contribution in [-0.4, -0.2) is 5.78 Å². The summed E-state index contributed by atoms with van der Waals surface area (Å²) in [6, 6.07) is 4.70. The van der Waals surface area contributed by atoms with Crippen LogP contribution < -0.4 is 5.73 Å². The van der Waals surface area contributed by atoms with Gasteiger partial charge < -0.3 is 5.73 Å². The van der Waals surface area contributed by atoms with E-state index in [9.17, 15) is 18.0 Å². The molecule has 2 nitrogen and oxygen atoms in total. The van der Waals surface area contributed by atoms with Crippen molar-refractivity contribution in [2.24, 2.45) is 0 Å². The maximum Gasteiger partial charge on any atom is 0.194 e. The minimum atomic E-state index is -1.19. The van der Waals surface area contributed by atoms with Gasteiger partial charge in [-0.3, -0.25) is 4.79 Å². The molecule has 0 aliphatic heterocycles. The molecule has 0 aliphatic rings. The Morgan fingerprint density at radius 2 is 1.63 bits per heavy atom. The first-order chi connectivity index (χ1) is 8.90. The smallest absolute Gasteiger partial charge is 0.194 e. The Labute approximate surface area is 111 Å². The quantitative estimate of drug-likeness (QED) is 0.521. The molecular formula is C13H7ClF3NO. The first-order valence-corrected chi connectivity index (χ1v) is 5.52. The number of nitrogen functional groups attached to an aromatic ring is 1. The molecule has 6 heteroatoms. The maximum atomic E-state index is 13.1. The van der Waals surface area contributed by atoms with Gasteiger partial charge in [-0.05, 0) is 30.3 Å². The second-order valence-electron chi connectivity index (χ2n) is 3.81. The summed E-state index contributed by atoms with van der Waals surface area (Å²) in [4.78, 5) is 12.0. The van der Waals surface area contributed by atoms with Crippen molar-refractivity contribution in [1.29, 1.82) is 0 Å². The molecule has 98 valence electrons. The van der Waals surface area contributed by atoms with Gasteiger partial charge in [-0.25, -0.2) is 13.2 Å². The molecule has 0 saturated heterocycles. The Kier molecular flexibility index (Phi) is 3.48. The lowest BCUT2D eigenvalue weighted by atomic mass is 10.0. The minimum absolute atomic E-state index is 0.0341. The number of benzene rings is 2. The number of carbonyl (C=O) groups excluding carboxylic acids is 1. The van der Waals surface area contributed by atoms with Crippen LogP contribution in [-0.2, 0) is 0 Å². The van der Waals surface area contributed by atoms with Crippen molar-refractivity contribution >= 4 is 23.1 Å². The number of ketones is 1. The Bertz CT molecular complexity index is 673. The molecule has 2 N–H and O–H groups in total. The molecule has 2 aromatic rings. The van der Waals surface area contributed by atoms with E-state index < -0.39 is 23.2 Å². The monoisotopic (exact) mass is 285 g/mol. The molecule has 0 fully saturated rings. The van der Waals surface area contributed by atoms with Gasteiger partial charge in [0.15, 0.2) is 17.4 Å². The number of hydrogen-bond donors (Lipinski definition) is 1. The van der Waals surface area contributed by atoms with Gasteiger partial charge in [0, 0.05) is 11.1 Å². The van der Waals surface area contributed by atoms with Crippen LogP contribution in [0.3, 0.4) is 0 Å². The van der Waals surface area contributed by atoms with Crippen molar-refractivity contribution in [2.45, 2.75) is 0 Å². The van der Waals surface area contributed by atoms with Crippen LogP contribution in [0.1, 0.15) is 15.9 Å².